The molecule has 1 aromatic rings. The second kappa shape index (κ2) is 8.22. The van der Waals surface area contributed by atoms with Crippen LogP contribution in [-0.2, 0) is 9.53 Å². The number of halogens is 1. The molecule has 0 unspecified atom stereocenters. The molecule has 21 heavy (non-hydrogen) atoms. The monoisotopic (exact) mass is 312 g/mol. The molecule has 1 fully saturated rings. The smallest absolute Gasteiger partial charge is 0.238 e. The Balaban J connectivity index is 1.87. The largest absolute Gasteiger partial charge is 0.487 e. The zero-order chi connectivity index (χ0) is 15.1. The van der Waals surface area contributed by atoms with E-state index >= 15 is 0 Å². The number of carbonyl (C=O) groups is 1. The van der Waals surface area contributed by atoms with Gasteiger partial charge in [-0.3, -0.25) is 4.79 Å². The summed E-state index contributed by atoms with van der Waals surface area (Å²) in [5, 5.41) is 6.44. The number of hydrogen-bond donors (Lipinski definition) is 2. The first-order valence-electron chi connectivity index (χ1n) is 7.11. The van der Waals surface area contributed by atoms with Gasteiger partial charge in [0.1, 0.15) is 6.61 Å². The van der Waals surface area contributed by atoms with Gasteiger partial charge in [-0.05, 0) is 37.4 Å². The van der Waals surface area contributed by atoms with Gasteiger partial charge < -0.3 is 20.1 Å². The van der Waals surface area contributed by atoms with Gasteiger partial charge in [0.2, 0.25) is 5.91 Å². The fraction of sp³-hybridized carbons (Fsp3) is 0.533. The number of rotatable bonds is 9. The second-order valence-electron chi connectivity index (χ2n) is 5.08. The molecule has 2 N–H and O–H groups in total. The van der Waals surface area contributed by atoms with Gasteiger partial charge in [-0.25, -0.2) is 0 Å². The molecule has 116 valence electrons. The molecule has 6 heteroatoms. The van der Waals surface area contributed by atoms with Crippen LogP contribution in [0.25, 0.3) is 0 Å². The topological polar surface area (TPSA) is 59.6 Å². The maximum absolute atomic E-state index is 11.9. The van der Waals surface area contributed by atoms with Crippen LogP contribution >= 0.6 is 11.6 Å². The predicted molar refractivity (Wildman–Crippen MR) is 83.0 cm³/mol. The van der Waals surface area contributed by atoms with Crippen molar-refractivity contribution in [3.63, 3.8) is 0 Å². The Hall–Kier alpha value is -1.30. The van der Waals surface area contributed by atoms with Gasteiger partial charge >= 0.3 is 0 Å². The average molecular weight is 313 g/mol. The molecule has 1 amide bonds. The van der Waals surface area contributed by atoms with Crippen LogP contribution in [-0.4, -0.2) is 39.3 Å². The minimum atomic E-state index is -0.102. The summed E-state index contributed by atoms with van der Waals surface area (Å²) in [5.74, 6) is 1.12. The number of para-hydroxylation sites is 1. The van der Waals surface area contributed by atoms with E-state index in [0.717, 1.165) is 12.5 Å². The van der Waals surface area contributed by atoms with Gasteiger partial charge in [0.15, 0.2) is 5.75 Å². The minimum absolute atomic E-state index is 0.102. The minimum Gasteiger partial charge on any atom is -0.487 e. The van der Waals surface area contributed by atoms with Gasteiger partial charge in [-0.2, -0.15) is 0 Å². The van der Waals surface area contributed by atoms with Crippen molar-refractivity contribution in [1.82, 2.24) is 5.32 Å². The Labute approximate surface area is 130 Å². The molecule has 1 aliphatic rings. The highest BCUT2D eigenvalue weighted by atomic mass is 35.5. The summed E-state index contributed by atoms with van der Waals surface area (Å²) >= 11 is 6.11. The van der Waals surface area contributed by atoms with Crippen LogP contribution in [0.2, 0.25) is 5.02 Å². The van der Waals surface area contributed by atoms with E-state index in [1.54, 1.807) is 25.3 Å². The lowest BCUT2D eigenvalue weighted by molar-refractivity contribution is -0.115. The van der Waals surface area contributed by atoms with Crippen LogP contribution < -0.4 is 15.4 Å². The molecule has 0 spiro atoms. The summed E-state index contributed by atoms with van der Waals surface area (Å²) in [6, 6.07) is 5.27. The SMILES string of the molecule is COCCOc1c(Cl)cccc1NC(=O)CNCC1CC1. The van der Waals surface area contributed by atoms with E-state index in [1.807, 2.05) is 0 Å². The maximum atomic E-state index is 11.9. The number of anilines is 1. The molecule has 0 atom stereocenters. The Morgan fingerprint density at radius 2 is 2.19 bits per heavy atom. The quantitative estimate of drug-likeness (QED) is 0.687. The van der Waals surface area contributed by atoms with Crippen molar-refractivity contribution >= 4 is 23.2 Å². The first-order chi connectivity index (χ1) is 10.2. The fourth-order valence-electron chi connectivity index (χ4n) is 1.89. The zero-order valence-corrected chi connectivity index (χ0v) is 12.9. The van der Waals surface area contributed by atoms with E-state index in [9.17, 15) is 4.79 Å². The van der Waals surface area contributed by atoms with Gasteiger partial charge in [-0.15, -0.1) is 0 Å². The highest BCUT2D eigenvalue weighted by Gasteiger charge is 2.20. The summed E-state index contributed by atoms with van der Waals surface area (Å²) in [5.41, 5.74) is 0.580. The highest BCUT2D eigenvalue weighted by molar-refractivity contribution is 6.32. The molecule has 0 bridgehead atoms. The number of benzene rings is 1. The van der Waals surface area contributed by atoms with Crippen molar-refractivity contribution in [1.29, 1.82) is 0 Å². The summed E-state index contributed by atoms with van der Waals surface area (Å²) in [6.07, 6.45) is 2.53. The molecular formula is C15H21ClN2O3. The third-order valence-electron chi connectivity index (χ3n) is 3.19. The van der Waals surface area contributed by atoms with Crippen LogP contribution in [0.15, 0.2) is 18.2 Å². The van der Waals surface area contributed by atoms with Crippen LogP contribution in [0.3, 0.4) is 0 Å². The first-order valence-corrected chi connectivity index (χ1v) is 7.49. The maximum Gasteiger partial charge on any atom is 0.238 e. The van der Waals surface area contributed by atoms with Crippen LogP contribution in [0.1, 0.15) is 12.8 Å². The van der Waals surface area contributed by atoms with E-state index in [4.69, 9.17) is 21.1 Å². The molecule has 5 nitrogen and oxygen atoms in total. The molecule has 0 radical (unpaired) electrons. The number of amides is 1. The standard InChI is InChI=1S/C15H21ClN2O3/c1-20-7-8-21-15-12(16)3-2-4-13(15)18-14(19)10-17-9-11-5-6-11/h2-4,11,17H,5-10H2,1H3,(H,18,19). The van der Waals surface area contributed by atoms with Crippen LogP contribution in [0.4, 0.5) is 5.69 Å². The fourth-order valence-corrected chi connectivity index (χ4v) is 2.12. The normalized spacial score (nSPS) is 14.0. The number of hydrogen-bond acceptors (Lipinski definition) is 4. The highest BCUT2D eigenvalue weighted by Crippen LogP contribution is 2.32. The third-order valence-corrected chi connectivity index (χ3v) is 3.49. The third kappa shape index (κ3) is 5.53. The summed E-state index contributed by atoms with van der Waals surface area (Å²) in [4.78, 5) is 11.9. The van der Waals surface area contributed by atoms with E-state index < -0.39 is 0 Å². The lowest BCUT2D eigenvalue weighted by Crippen LogP contribution is -2.29. The summed E-state index contributed by atoms with van der Waals surface area (Å²) in [7, 11) is 1.60. The predicted octanol–water partition coefficient (Wildman–Crippen LogP) is 2.30. The molecule has 0 heterocycles. The first kappa shape index (κ1) is 16.1. The molecule has 2 rings (SSSR count). The second-order valence-corrected chi connectivity index (χ2v) is 5.49. The summed E-state index contributed by atoms with van der Waals surface area (Å²) in [6.45, 7) is 2.03. The number of nitrogens with one attached hydrogen (secondary N) is 2. The summed E-state index contributed by atoms with van der Waals surface area (Å²) < 4.78 is 10.5. The van der Waals surface area contributed by atoms with E-state index in [0.29, 0.717) is 36.2 Å². The Bertz CT molecular complexity index is 478. The van der Waals surface area contributed by atoms with Crippen molar-refractivity contribution in [2.24, 2.45) is 5.92 Å². The van der Waals surface area contributed by atoms with E-state index in [1.165, 1.54) is 12.8 Å². The number of methoxy groups -OCH3 is 1. The Morgan fingerprint density at radius 3 is 2.90 bits per heavy atom. The van der Waals surface area contributed by atoms with Crippen LogP contribution in [0.5, 0.6) is 5.75 Å². The average Bonchev–Trinajstić information content (AvgIpc) is 3.26. The van der Waals surface area contributed by atoms with Crippen molar-refractivity contribution in [2.75, 3.05) is 38.7 Å². The molecule has 1 aliphatic carbocycles. The van der Waals surface area contributed by atoms with Gasteiger partial charge in [0, 0.05) is 7.11 Å². The Morgan fingerprint density at radius 1 is 1.38 bits per heavy atom. The number of carbonyl (C=O) groups excluding carboxylic acids is 1. The van der Waals surface area contributed by atoms with Crippen molar-refractivity contribution in [3.05, 3.63) is 23.2 Å². The molecule has 0 saturated heterocycles. The molecule has 1 aromatic carbocycles. The molecular weight excluding hydrogens is 292 g/mol. The lowest BCUT2D eigenvalue weighted by Gasteiger charge is -2.14. The number of ether oxygens (including phenoxy) is 2. The molecule has 0 aliphatic heterocycles. The van der Waals surface area contributed by atoms with E-state index in [2.05, 4.69) is 10.6 Å². The zero-order valence-electron chi connectivity index (χ0n) is 12.2. The van der Waals surface area contributed by atoms with Crippen molar-refractivity contribution in [2.45, 2.75) is 12.8 Å². The van der Waals surface area contributed by atoms with Crippen molar-refractivity contribution in [3.8, 4) is 5.75 Å². The van der Waals surface area contributed by atoms with Gasteiger partial charge in [0.05, 0.1) is 23.9 Å². The Kier molecular flexibility index (Phi) is 6.29. The lowest BCUT2D eigenvalue weighted by atomic mass is 10.3. The van der Waals surface area contributed by atoms with Gasteiger partial charge in [0.25, 0.3) is 0 Å². The van der Waals surface area contributed by atoms with Gasteiger partial charge in [-0.1, -0.05) is 17.7 Å². The molecule has 1 saturated carbocycles. The molecule has 0 aromatic heterocycles. The van der Waals surface area contributed by atoms with Crippen molar-refractivity contribution < 1.29 is 14.3 Å². The van der Waals surface area contributed by atoms with E-state index in [-0.39, 0.29) is 5.91 Å². The van der Waals surface area contributed by atoms with Crippen LogP contribution in [0, 0.1) is 5.92 Å².